The molecule has 0 aromatic carbocycles. The molecule has 14 heavy (non-hydrogen) atoms. The van der Waals surface area contributed by atoms with Crippen LogP contribution in [-0.4, -0.2) is 23.8 Å². The second-order valence-corrected chi connectivity index (χ2v) is 4.21. The van der Waals surface area contributed by atoms with Gasteiger partial charge in [0.2, 0.25) is 0 Å². The number of ether oxygens (including phenoxy) is 1. The van der Waals surface area contributed by atoms with E-state index in [0.717, 1.165) is 12.8 Å². The highest BCUT2D eigenvalue weighted by molar-refractivity contribution is 5.85. The van der Waals surface area contributed by atoms with Gasteiger partial charge in [-0.1, -0.05) is 25.9 Å². The predicted octanol–water partition coefficient (Wildman–Crippen LogP) is 1.96. The lowest BCUT2D eigenvalue weighted by Gasteiger charge is -2.23. The highest BCUT2D eigenvalue weighted by Crippen LogP contribution is 2.20. The summed E-state index contributed by atoms with van der Waals surface area (Å²) in [6, 6.07) is 0. The fraction of sp³-hybridized carbons (Fsp3) is 0.900. The van der Waals surface area contributed by atoms with Gasteiger partial charge in [0, 0.05) is 12.0 Å². The van der Waals surface area contributed by atoms with Crippen molar-refractivity contribution in [3.05, 3.63) is 0 Å². The zero-order valence-electron chi connectivity index (χ0n) is 9.58. The first-order chi connectivity index (χ1) is 6.44. The maximum atomic E-state index is 8.55. The largest absolute Gasteiger partial charge is 0.409 e. The van der Waals surface area contributed by atoms with Crippen molar-refractivity contribution in [1.82, 2.24) is 0 Å². The molecule has 0 radical (unpaired) electrons. The van der Waals surface area contributed by atoms with Crippen molar-refractivity contribution in [1.29, 1.82) is 0 Å². The van der Waals surface area contributed by atoms with Gasteiger partial charge in [0.1, 0.15) is 5.84 Å². The molecule has 0 bridgehead atoms. The van der Waals surface area contributed by atoms with Gasteiger partial charge in [-0.15, -0.1) is 0 Å². The topological polar surface area (TPSA) is 67.8 Å². The minimum Gasteiger partial charge on any atom is -0.409 e. The molecular formula is C10H22N2O2. The van der Waals surface area contributed by atoms with E-state index in [1.165, 1.54) is 0 Å². The van der Waals surface area contributed by atoms with E-state index in [1.54, 1.807) is 0 Å². The number of hydrogen-bond acceptors (Lipinski definition) is 3. The van der Waals surface area contributed by atoms with E-state index < -0.39 is 0 Å². The molecule has 3 N–H and O–H groups in total. The van der Waals surface area contributed by atoms with Crippen LogP contribution in [0.25, 0.3) is 0 Å². The summed E-state index contributed by atoms with van der Waals surface area (Å²) >= 11 is 0. The van der Waals surface area contributed by atoms with Gasteiger partial charge < -0.3 is 15.7 Å². The SMILES string of the molecule is CCC(C)OCCC(C)(C)C(N)=NO. The molecular weight excluding hydrogens is 180 g/mol. The van der Waals surface area contributed by atoms with Gasteiger partial charge in [0.15, 0.2) is 0 Å². The average molecular weight is 202 g/mol. The first-order valence-electron chi connectivity index (χ1n) is 5.03. The molecule has 1 unspecified atom stereocenters. The second kappa shape index (κ2) is 5.86. The van der Waals surface area contributed by atoms with Gasteiger partial charge in [-0.05, 0) is 19.8 Å². The third kappa shape index (κ3) is 4.46. The zero-order chi connectivity index (χ0) is 11.2. The van der Waals surface area contributed by atoms with Crippen LogP contribution in [0.1, 0.15) is 40.5 Å². The molecule has 0 saturated carbocycles. The molecule has 84 valence electrons. The smallest absolute Gasteiger partial charge is 0.144 e. The molecule has 0 fully saturated rings. The lowest BCUT2D eigenvalue weighted by atomic mass is 9.88. The van der Waals surface area contributed by atoms with Crippen molar-refractivity contribution in [2.75, 3.05) is 6.61 Å². The second-order valence-electron chi connectivity index (χ2n) is 4.21. The van der Waals surface area contributed by atoms with Gasteiger partial charge in [0.05, 0.1) is 6.10 Å². The van der Waals surface area contributed by atoms with Gasteiger partial charge >= 0.3 is 0 Å². The fourth-order valence-electron chi connectivity index (χ4n) is 0.897. The molecule has 0 aliphatic rings. The molecule has 0 spiro atoms. The Morgan fingerprint density at radius 3 is 2.57 bits per heavy atom. The molecule has 1 atom stereocenters. The van der Waals surface area contributed by atoms with E-state index in [0.29, 0.717) is 6.61 Å². The van der Waals surface area contributed by atoms with Crippen LogP contribution >= 0.6 is 0 Å². The summed E-state index contributed by atoms with van der Waals surface area (Å²) in [4.78, 5) is 0. The quantitative estimate of drug-likeness (QED) is 0.299. The van der Waals surface area contributed by atoms with Crippen molar-refractivity contribution in [2.45, 2.75) is 46.6 Å². The standard InChI is InChI=1S/C10H22N2O2/c1-5-8(2)14-7-6-10(3,4)9(11)12-13/h8,13H,5-7H2,1-4H3,(H2,11,12). The van der Waals surface area contributed by atoms with E-state index >= 15 is 0 Å². The normalized spacial score (nSPS) is 15.6. The molecule has 0 aromatic heterocycles. The maximum absolute atomic E-state index is 8.55. The van der Waals surface area contributed by atoms with Gasteiger partial charge in [-0.25, -0.2) is 0 Å². The van der Waals surface area contributed by atoms with Crippen LogP contribution in [0.2, 0.25) is 0 Å². The van der Waals surface area contributed by atoms with E-state index in [1.807, 2.05) is 20.8 Å². The molecule has 0 amide bonds. The Morgan fingerprint density at radius 2 is 2.14 bits per heavy atom. The van der Waals surface area contributed by atoms with Crippen molar-refractivity contribution >= 4 is 5.84 Å². The lowest BCUT2D eigenvalue weighted by Crippen LogP contribution is -2.33. The predicted molar refractivity (Wildman–Crippen MR) is 57.5 cm³/mol. The monoisotopic (exact) mass is 202 g/mol. The van der Waals surface area contributed by atoms with E-state index in [-0.39, 0.29) is 17.4 Å². The summed E-state index contributed by atoms with van der Waals surface area (Å²) in [6.45, 7) is 8.62. The van der Waals surface area contributed by atoms with E-state index in [4.69, 9.17) is 15.7 Å². The summed E-state index contributed by atoms with van der Waals surface area (Å²) in [5.41, 5.74) is 5.24. The lowest BCUT2D eigenvalue weighted by molar-refractivity contribution is 0.0517. The van der Waals surface area contributed by atoms with Crippen LogP contribution in [0.3, 0.4) is 0 Å². The highest BCUT2D eigenvalue weighted by atomic mass is 16.5. The Morgan fingerprint density at radius 1 is 1.57 bits per heavy atom. The van der Waals surface area contributed by atoms with Crippen LogP contribution in [0, 0.1) is 5.41 Å². The molecule has 4 heteroatoms. The molecule has 4 nitrogen and oxygen atoms in total. The first kappa shape index (κ1) is 13.2. The van der Waals surface area contributed by atoms with Crippen molar-refractivity contribution in [2.24, 2.45) is 16.3 Å². The van der Waals surface area contributed by atoms with E-state index in [9.17, 15) is 0 Å². The Balaban J connectivity index is 3.88. The Kier molecular flexibility index (Phi) is 5.53. The number of rotatable bonds is 6. The molecule has 0 aliphatic heterocycles. The van der Waals surface area contributed by atoms with E-state index in [2.05, 4.69) is 12.1 Å². The summed E-state index contributed by atoms with van der Waals surface area (Å²) in [6.07, 6.45) is 2.04. The summed E-state index contributed by atoms with van der Waals surface area (Å²) in [5, 5.41) is 11.6. The van der Waals surface area contributed by atoms with Crippen molar-refractivity contribution < 1.29 is 9.94 Å². The van der Waals surface area contributed by atoms with Crippen molar-refractivity contribution in [3.8, 4) is 0 Å². The summed E-state index contributed by atoms with van der Waals surface area (Å²) in [7, 11) is 0. The Hall–Kier alpha value is -0.770. The Bertz CT molecular complexity index is 191. The van der Waals surface area contributed by atoms with Crippen LogP contribution < -0.4 is 5.73 Å². The minimum absolute atomic E-state index is 0.255. The molecule has 0 saturated heterocycles. The van der Waals surface area contributed by atoms with Crippen LogP contribution in [0.15, 0.2) is 5.16 Å². The zero-order valence-corrected chi connectivity index (χ0v) is 9.58. The average Bonchev–Trinajstić information content (AvgIpc) is 2.15. The maximum Gasteiger partial charge on any atom is 0.144 e. The number of hydrogen-bond donors (Lipinski definition) is 2. The number of nitrogens with zero attached hydrogens (tertiary/aromatic N) is 1. The van der Waals surface area contributed by atoms with Crippen LogP contribution in [0.5, 0.6) is 0 Å². The van der Waals surface area contributed by atoms with Gasteiger partial charge in [-0.2, -0.15) is 0 Å². The third-order valence-electron chi connectivity index (χ3n) is 2.51. The molecule has 0 rings (SSSR count). The summed E-state index contributed by atoms with van der Waals surface area (Å²) < 4.78 is 5.53. The van der Waals surface area contributed by atoms with Gasteiger partial charge in [-0.3, -0.25) is 0 Å². The highest BCUT2D eigenvalue weighted by Gasteiger charge is 2.23. The minimum atomic E-state index is -0.303. The summed E-state index contributed by atoms with van der Waals surface area (Å²) in [5.74, 6) is 0.255. The molecule has 0 aliphatic carbocycles. The molecule has 0 heterocycles. The fourth-order valence-corrected chi connectivity index (χ4v) is 0.897. The molecule has 0 aromatic rings. The first-order valence-corrected chi connectivity index (χ1v) is 5.03. The van der Waals surface area contributed by atoms with Crippen LogP contribution in [-0.2, 0) is 4.74 Å². The number of nitrogens with two attached hydrogens (primary N) is 1. The third-order valence-corrected chi connectivity index (χ3v) is 2.51. The van der Waals surface area contributed by atoms with Gasteiger partial charge in [0.25, 0.3) is 0 Å². The van der Waals surface area contributed by atoms with Crippen molar-refractivity contribution in [3.63, 3.8) is 0 Å². The number of oxime groups is 1. The number of amidine groups is 1. The van der Waals surface area contributed by atoms with Crippen LogP contribution in [0.4, 0.5) is 0 Å². The Labute approximate surface area is 86.1 Å².